The maximum absolute atomic E-state index is 11.9. The molecule has 0 aromatic heterocycles. The largest absolute Gasteiger partial charge is 0.354 e. The Morgan fingerprint density at radius 3 is 2.69 bits per heavy atom. The maximum atomic E-state index is 11.9. The zero-order valence-corrected chi connectivity index (χ0v) is 11.2. The normalized spacial score (nSPS) is 21.5. The summed E-state index contributed by atoms with van der Waals surface area (Å²) >= 11 is 1.57. The Morgan fingerprint density at radius 1 is 1.56 bits per heavy atom. The van der Waals surface area contributed by atoms with Crippen molar-refractivity contribution in [1.82, 2.24) is 10.2 Å². The van der Waals surface area contributed by atoms with Gasteiger partial charge in [0.05, 0.1) is 5.25 Å². The summed E-state index contributed by atoms with van der Waals surface area (Å²) in [7, 11) is 1.79. The van der Waals surface area contributed by atoms with E-state index in [1.807, 2.05) is 20.8 Å². The molecule has 1 rings (SSSR count). The van der Waals surface area contributed by atoms with Crippen LogP contribution < -0.4 is 5.32 Å². The van der Waals surface area contributed by atoms with Crippen molar-refractivity contribution in [2.75, 3.05) is 19.3 Å². The molecule has 1 N–H and O–H groups in total. The Bertz CT molecular complexity index is 286. The molecule has 1 unspecified atom stereocenters. The minimum atomic E-state index is -0.217. The first kappa shape index (κ1) is 13.4. The molecule has 1 aliphatic rings. The van der Waals surface area contributed by atoms with Crippen LogP contribution in [0.15, 0.2) is 0 Å². The lowest BCUT2D eigenvalue weighted by atomic mass is 10.1. The van der Waals surface area contributed by atoms with Crippen molar-refractivity contribution in [3.8, 4) is 0 Å². The molecule has 92 valence electrons. The van der Waals surface area contributed by atoms with Crippen LogP contribution in [0.1, 0.15) is 27.2 Å². The molecule has 0 radical (unpaired) electrons. The van der Waals surface area contributed by atoms with Crippen LogP contribution in [-0.4, -0.2) is 46.8 Å². The van der Waals surface area contributed by atoms with Gasteiger partial charge in [-0.1, -0.05) is 0 Å². The quantitative estimate of drug-likeness (QED) is 0.784. The second-order valence-electron chi connectivity index (χ2n) is 4.98. The fourth-order valence-corrected chi connectivity index (χ4v) is 2.39. The molecule has 0 aromatic carbocycles. The average Bonchev–Trinajstić information content (AvgIpc) is 2.19. The van der Waals surface area contributed by atoms with Gasteiger partial charge in [0, 0.05) is 31.3 Å². The molecule has 0 aromatic rings. The predicted octanol–water partition coefficient (Wildman–Crippen LogP) is 0.865. The summed E-state index contributed by atoms with van der Waals surface area (Å²) in [6.07, 6.45) is 0.296. The van der Waals surface area contributed by atoms with Gasteiger partial charge < -0.3 is 10.2 Å². The smallest absolute Gasteiger partial charge is 0.233 e. The Balaban J connectivity index is 2.53. The third-order valence-corrected chi connectivity index (χ3v) is 3.98. The number of hydrogen-bond donors (Lipinski definition) is 1. The Labute approximate surface area is 101 Å². The highest BCUT2D eigenvalue weighted by molar-refractivity contribution is 8.00. The van der Waals surface area contributed by atoms with E-state index < -0.39 is 0 Å². The van der Waals surface area contributed by atoms with E-state index in [9.17, 15) is 9.59 Å². The Morgan fingerprint density at radius 2 is 2.19 bits per heavy atom. The van der Waals surface area contributed by atoms with Crippen molar-refractivity contribution in [2.24, 2.45) is 0 Å². The molecule has 0 aliphatic carbocycles. The van der Waals surface area contributed by atoms with E-state index in [0.717, 1.165) is 5.75 Å². The van der Waals surface area contributed by atoms with E-state index >= 15 is 0 Å². The summed E-state index contributed by atoms with van der Waals surface area (Å²) < 4.78 is 0. The fourth-order valence-electron chi connectivity index (χ4n) is 1.39. The molecule has 5 heteroatoms. The summed E-state index contributed by atoms with van der Waals surface area (Å²) in [6.45, 7) is 6.67. The summed E-state index contributed by atoms with van der Waals surface area (Å²) in [6, 6.07) is 0. The Hall–Kier alpha value is -0.710. The summed E-state index contributed by atoms with van der Waals surface area (Å²) in [5, 5.41) is 2.57. The van der Waals surface area contributed by atoms with Gasteiger partial charge in [-0.25, -0.2) is 0 Å². The van der Waals surface area contributed by atoms with Crippen molar-refractivity contribution < 1.29 is 9.59 Å². The van der Waals surface area contributed by atoms with Gasteiger partial charge in [-0.3, -0.25) is 9.59 Å². The second-order valence-corrected chi connectivity index (χ2v) is 6.29. The number of carbonyl (C=O) groups is 2. The van der Waals surface area contributed by atoms with Gasteiger partial charge in [0.2, 0.25) is 11.8 Å². The number of nitrogens with zero attached hydrogens (tertiary/aromatic N) is 1. The molecule has 1 atom stereocenters. The number of hydrogen-bond acceptors (Lipinski definition) is 3. The lowest BCUT2D eigenvalue weighted by molar-refractivity contribution is -0.135. The van der Waals surface area contributed by atoms with Crippen molar-refractivity contribution in [3.63, 3.8) is 0 Å². The summed E-state index contributed by atoms with van der Waals surface area (Å²) in [5.41, 5.74) is -0.188. The third-order valence-electron chi connectivity index (χ3n) is 2.75. The Kier molecular flexibility index (Phi) is 4.24. The zero-order valence-electron chi connectivity index (χ0n) is 10.4. The minimum Gasteiger partial charge on any atom is -0.354 e. The van der Waals surface area contributed by atoms with Crippen LogP contribution in [0.2, 0.25) is 0 Å². The minimum absolute atomic E-state index is 0.00749. The lowest BCUT2D eigenvalue weighted by Gasteiger charge is -2.33. The number of nitrogens with one attached hydrogen (secondary N) is 1. The molecule has 0 spiro atoms. The maximum Gasteiger partial charge on any atom is 0.233 e. The van der Waals surface area contributed by atoms with E-state index in [4.69, 9.17) is 0 Å². The molecule has 2 amide bonds. The summed E-state index contributed by atoms with van der Waals surface area (Å²) in [4.78, 5) is 25.1. The first-order valence-corrected chi connectivity index (χ1v) is 6.53. The molecule has 1 heterocycles. The van der Waals surface area contributed by atoms with E-state index in [-0.39, 0.29) is 22.6 Å². The fraction of sp³-hybridized carbons (Fsp3) is 0.818. The third kappa shape index (κ3) is 3.40. The number of thioether (sulfide) groups is 1. The second kappa shape index (κ2) is 5.08. The average molecular weight is 244 g/mol. The molecule has 1 saturated heterocycles. The standard InChI is InChI=1S/C11H20N2O2S/c1-11(2,3)13(4)9(14)7-8-10(15)12-5-6-16-8/h8H,5-7H2,1-4H3,(H,12,15). The number of amides is 2. The van der Waals surface area contributed by atoms with Crippen molar-refractivity contribution >= 4 is 23.6 Å². The molecule has 0 bridgehead atoms. The van der Waals surface area contributed by atoms with Crippen LogP contribution in [-0.2, 0) is 9.59 Å². The molecular formula is C11H20N2O2S. The molecule has 0 saturated carbocycles. The van der Waals surface area contributed by atoms with E-state index in [2.05, 4.69) is 5.32 Å². The molecule has 4 nitrogen and oxygen atoms in total. The topological polar surface area (TPSA) is 49.4 Å². The molecule has 1 aliphatic heterocycles. The summed E-state index contributed by atoms with van der Waals surface area (Å²) in [5.74, 6) is 0.914. The van der Waals surface area contributed by atoms with Crippen molar-refractivity contribution in [1.29, 1.82) is 0 Å². The van der Waals surface area contributed by atoms with Gasteiger partial charge >= 0.3 is 0 Å². The van der Waals surface area contributed by atoms with Crippen molar-refractivity contribution in [2.45, 2.75) is 38.0 Å². The first-order chi connectivity index (χ1) is 7.32. The zero-order chi connectivity index (χ0) is 12.3. The van der Waals surface area contributed by atoms with Crippen LogP contribution in [0.5, 0.6) is 0 Å². The van der Waals surface area contributed by atoms with Gasteiger partial charge in [0.25, 0.3) is 0 Å². The van der Waals surface area contributed by atoms with Crippen LogP contribution >= 0.6 is 11.8 Å². The van der Waals surface area contributed by atoms with Gasteiger partial charge in [0.15, 0.2) is 0 Å². The monoisotopic (exact) mass is 244 g/mol. The van der Waals surface area contributed by atoms with Crippen LogP contribution in [0.25, 0.3) is 0 Å². The number of rotatable bonds is 2. The highest BCUT2D eigenvalue weighted by Crippen LogP contribution is 2.21. The van der Waals surface area contributed by atoms with E-state index in [0.29, 0.717) is 13.0 Å². The van der Waals surface area contributed by atoms with Gasteiger partial charge in [-0.2, -0.15) is 0 Å². The van der Waals surface area contributed by atoms with E-state index in [1.165, 1.54) is 0 Å². The predicted molar refractivity (Wildman–Crippen MR) is 66.4 cm³/mol. The number of carbonyl (C=O) groups excluding carboxylic acids is 2. The molecular weight excluding hydrogens is 224 g/mol. The lowest BCUT2D eigenvalue weighted by Crippen LogP contribution is -2.46. The highest BCUT2D eigenvalue weighted by Gasteiger charge is 2.29. The highest BCUT2D eigenvalue weighted by atomic mass is 32.2. The van der Waals surface area contributed by atoms with Gasteiger partial charge in [-0.15, -0.1) is 11.8 Å². The molecule has 1 fully saturated rings. The van der Waals surface area contributed by atoms with Crippen LogP contribution in [0.3, 0.4) is 0 Å². The van der Waals surface area contributed by atoms with Gasteiger partial charge in [0.1, 0.15) is 0 Å². The van der Waals surface area contributed by atoms with E-state index in [1.54, 1.807) is 23.7 Å². The SMILES string of the molecule is CN(C(=O)CC1SCCNC1=O)C(C)(C)C. The van der Waals surface area contributed by atoms with Gasteiger partial charge in [-0.05, 0) is 20.8 Å². The van der Waals surface area contributed by atoms with Crippen molar-refractivity contribution in [3.05, 3.63) is 0 Å². The molecule has 16 heavy (non-hydrogen) atoms. The van der Waals surface area contributed by atoms with Crippen LogP contribution in [0, 0.1) is 0 Å². The van der Waals surface area contributed by atoms with Crippen LogP contribution in [0.4, 0.5) is 0 Å². The first-order valence-electron chi connectivity index (χ1n) is 5.48.